The van der Waals surface area contributed by atoms with E-state index in [9.17, 15) is 9.59 Å². The highest BCUT2D eigenvalue weighted by molar-refractivity contribution is 9.12. The molecule has 0 bridgehead atoms. The second kappa shape index (κ2) is 4.12. The van der Waals surface area contributed by atoms with Crippen LogP contribution in [0.1, 0.15) is 13.3 Å². The van der Waals surface area contributed by atoms with Gasteiger partial charge in [-0.3, -0.25) is 0 Å². The van der Waals surface area contributed by atoms with Gasteiger partial charge < -0.3 is 10.2 Å². The van der Waals surface area contributed by atoms with Gasteiger partial charge in [-0.05, 0) is 22.4 Å². The molecule has 0 atom stereocenters. The van der Waals surface area contributed by atoms with Gasteiger partial charge in [0.1, 0.15) is 4.48 Å². The molecule has 0 radical (unpaired) electrons. The van der Waals surface area contributed by atoms with Crippen molar-refractivity contribution in [2.45, 2.75) is 13.3 Å². The molecule has 2 N–H and O–H groups in total. The van der Waals surface area contributed by atoms with Crippen molar-refractivity contribution in [2.75, 3.05) is 0 Å². The van der Waals surface area contributed by atoms with Crippen molar-refractivity contribution < 1.29 is 19.8 Å². The number of carboxylic acids is 2. The van der Waals surface area contributed by atoms with Crippen molar-refractivity contribution in [3.8, 4) is 0 Å². The lowest BCUT2D eigenvalue weighted by atomic mass is 10.2. The quantitative estimate of drug-likeness (QED) is 0.705. The van der Waals surface area contributed by atoms with E-state index in [1.54, 1.807) is 6.92 Å². The van der Waals surface area contributed by atoms with Crippen molar-refractivity contribution in [2.24, 2.45) is 0 Å². The molecule has 0 unspecified atom stereocenters. The Morgan fingerprint density at radius 1 is 1.27 bits per heavy atom. The van der Waals surface area contributed by atoms with Crippen LogP contribution in [-0.2, 0) is 9.59 Å². The van der Waals surface area contributed by atoms with E-state index in [1.807, 2.05) is 0 Å². The molecule has 0 aromatic rings. The predicted octanol–water partition coefficient (Wildman–Crippen LogP) is 1.21. The summed E-state index contributed by atoms with van der Waals surface area (Å²) in [6, 6.07) is 0. The molecule has 11 heavy (non-hydrogen) atoms. The second-order valence-electron chi connectivity index (χ2n) is 1.76. The normalized spacial score (nSPS) is 12.2. The standard InChI is InChI=1S/C6H7BrO4/c1-2-3(5(8)9)4(7)6(10)11/h2H2,1H3,(H,8,9)(H,10,11)/b4-3+. The number of carboxylic acid groups (broad SMARTS) is 2. The van der Waals surface area contributed by atoms with E-state index in [0.29, 0.717) is 0 Å². The molecular formula is C6H7BrO4. The Morgan fingerprint density at radius 2 is 1.73 bits per heavy atom. The van der Waals surface area contributed by atoms with Crippen LogP contribution in [0.5, 0.6) is 0 Å². The van der Waals surface area contributed by atoms with E-state index in [4.69, 9.17) is 10.2 Å². The Morgan fingerprint density at radius 3 is 1.82 bits per heavy atom. The second-order valence-corrected chi connectivity index (χ2v) is 2.55. The van der Waals surface area contributed by atoms with Crippen LogP contribution in [-0.4, -0.2) is 22.2 Å². The van der Waals surface area contributed by atoms with E-state index < -0.39 is 11.9 Å². The van der Waals surface area contributed by atoms with E-state index in [-0.39, 0.29) is 16.5 Å². The van der Waals surface area contributed by atoms with Gasteiger partial charge in [0.15, 0.2) is 0 Å². The van der Waals surface area contributed by atoms with Gasteiger partial charge in [0, 0.05) is 0 Å². The lowest BCUT2D eigenvalue weighted by Crippen LogP contribution is -2.06. The van der Waals surface area contributed by atoms with Gasteiger partial charge >= 0.3 is 11.9 Å². The monoisotopic (exact) mass is 222 g/mol. The van der Waals surface area contributed by atoms with Crippen LogP contribution >= 0.6 is 15.9 Å². The fourth-order valence-electron chi connectivity index (χ4n) is 0.529. The highest BCUT2D eigenvalue weighted by atomic mass is 79.9. The SMILES string of the molecule is CC/C(C(=O)O)=C(\Br)C(=O)O. The summed E-state index contributed by atoms with van der Waals surface area (Å²) >= 11 is 2.67. The number of rotatable bonds is 3. The third-order valence-corrected chi connectivity index (χ3v) is 1.88. The molecule has 62 valence electrons. The minimum Gasteiger partial charge on any atom is -0.478 e. The maximum atomic E-state index is 10.3. The van der Waals surface area contributed by atoms with Gasteiger partial charge in [-0.2, -0.15) is 0 Å². The molecule has 0 aliphatic heterocycles. The predicted molar refractivity (Wildman–Crippen MR) is 41.5 cm³/mol. The fourth-order valence-corrected chi connectivity index (χ4v) is 0.979. The first kappa shape index (κ1) is 10.2. The van der Waals surface area contributed by atoms with E-state index in [2.05, 4.69) is 15.9 Å². The molecular weight excluding hydrogens is 216 g/mol. The molecule has 0 rings (SSSR count). The van der Waals surface area contributed by atoms with Gasteiger partial charge in [0.25, 0.3) is 0 Å². The first-order valence-corrected chi connectivity index (χ1v) is 3.65. The van der Waals surface area contributed by atoms with Gasteiger partial charge in [-0.25, -0.2) is 9.59 Å². The summed E-state index contributed by atoms with van der Waals surface area (Å²) in [4.78, 5) is 20.6. The van der Waals surface area contributed by atoms with Gasteiger partial charge in [-0.1, -0.05) is 6.92 Å². The number of halogens is 1. The van der Waals surface area contributed by atoms with Gasteiger partial charge in [0.05, 0.1) is 5.57 Å². The summed E-state index contributed by atoms with van der Waals surface area (Å²) in [5.74, 6) is -2.47. The van der Waals surface area contributed by atoms with Gasteiger partial charge in [-0.15, -0.1) is 0 Å². The Hall–Kier alpha value is -0.840. The Balaban J connectivity index is 4.83. The van der Waals surface area contributed by atoms with Crippen molar-refractivity contribution in [1.29, 1.82) is 0 Å². The molecule has 4 nitrogen and oxygen atoms in total. The van der Waals surface area contributed by atoms with Gasteiger partial charge in [0.2, 0.25) is 0 Å². The molecule has 0 spiro atoms. The van der Waals surface area contributed by atoms with Crippen LogP contribution in [0, 0.1) is 0 Å². The molecule has 0 aromatic carbocycles. The van der Waals surface area contributed by atoms with E-state index >= 15 is 0 Å². The summed E-state index contributed by atoms with van der Waals surface area (Å²) < 4.78 is -0.285. The molecule has 0 aromatic heterocycles. The third-order valence-electron chi connectivity index (χ3n) is 1.06. The fraction of sp³-hybridized carbons (Fsp3) is 0.333. The zero-order valence-electron chi connectivity index (χ0n) is 5.80. The molecule has 0 aliphatic carbocycles. The average molecular weight is 223 g/mol. The van der Waals surface area contributed by atoms with Crippen LogP contribution in [0.15, 0.2) is 10.1 Å². The number of carbonyl (C=O) groups is 2. The Labute approximate surface area is 71.7 Å². The van der Waals surface area contributed by atoms with Crippen molar-refractivity contribution >= 4 is 27.9 Å². The summed E-state index contributed by atoms with van der Waals surface area (Å²) in [5.41, 5.74) is -0.127. The smallest absolute Gasteiger partial charge is 0.343 e. The highest BCUT2D eigenvalue weighted by Gasteiger charge is 2.15. The first-order chi connectivity index (χ1) is 5.00. The topological polar surface area (TPSA) is 74.6 Å². The van der Waals surface area contributed by atoms with Crippen LogP contribution in [0.4, 0.5) is 0 Å². The van der Waals surface area contributed by atoms with Crippen LogP contribution in [0.3, 0.4) is 0 Å². The maximum absolute atomic E-state index is 10.3. The zero-order valence-corrected chi connectivity index (χ0v) is 7.38. The third kappa shape index (κ3) is 2.71. The Kier molecular flexibility index (Phi) is 3.81. The molecule has 0 saturated carbocycles. The molecule has 0 aliphatic rings. The average Bonchev–Trinajstić information content (AvgIpc) is 1.88. The molecule has 0 saturated heterocycles. The summed E-state index contributed by atoms with van der Waals surface area (Å²) in [6.45, 7) is 1.58. The summed E-state index contributed by atoms with van der Waals surface area (Å²) in [7, 11) is 0. The molecule has 0 fully saturated rings. The van der Waals surface area contributed by atoms with Crippen LogP contribution < -0.4 is 0 Å². The lowest BCUT2D eigenvalue weighted by molar-refractivity contribution is -0.135. The van der Waals surface area contributed by atoms with Crippen LogP contribution in [0.2, 0.25) is 0 Å². The van der Waals surface area contributed by atoms with Crippen molar-refractivity contribution in [3.05, 3.63) is 10.1 Å². The zero-order chi connectivity index (χ0) is 9.02. The van der Waals surface area contributed by atoms with E-state index in [0.717, 1.165) is 0 Å². The number of hydrogen-bond donors (Lipinski definition) is 2. The summed E-state index contributed by atoms with van der Waals surface area (Å²) in [6.07, 6.45) is 0.183. The van der Waals surface area contributed by atoms with Crippen molar-refractivity contribution in [3.63, 3.8) is 0 Å². The molecule has 5 heteroatoms. The van der Waals surface area contributed by atoms with Crippen molar-refractivity contribution in [1.82, 2.24) is 0 Å². The Bertz CT molecular complexity index is 219. The largest absolute Gasteiger partial charge is 0.478 e. The number of aliphatic carboxylic acids is 2. The van der Waals surface area contributed by atoms with Crippen LogP contribution in [0.25, 0.3) is 0 Å². The lowest BCUT2D eigenvalue weighted by Gasteiger charge is -1.97. The maximum Gasteiger partial charge on any atom is 0.343 e. The highest BCUT2D eigenvalue weighted by Crippen LogP contribution is 2.15. The minimum absolute atomic E-state index is 0.127. The minimum atomic E-state index is -1.26. The van der Waals surface area contributed by atoms with E-state index in [1.165, 1.54) is 0 Å². The molecule has 0 heterocycles. The summed E-state index contributed by atoms with van der Waals surface area (Å²) in [5, 5.41) is 16.8. The first-order valence-electron chi connectivity index (χ1n) is 2.86. The number of hydrogen-bond acceptors (Lipinski definition) is 2. The molecule has 0 amide bonds.